The number of nitrogens with zero attached hydrogens (tertiary/aromatic N) is 3. The number of benzene rings is 3. The lowest BCUT2D eigenvalue weighted by Crippen LogP contribution is -2.29. The van der Waals surface area contributed by atoms with E-state index < -0.39 is 0 Å². The Morgan fingerprint density at radius 3 is 2.10 bits per heavy atom. The highest BCUT2D eigenvalue weighted by molar-refractivity contribution is 7.80. The van der Waals surface area contributed by atoms with Crippen LogP contribution in [0.15, 0.2) is 103 Å². The number of hydrogen-bond donors (Lipinski definition) is 1. The maximum absolute atomic E-state index is 6.09. The Bertz CT molecular complexity index is 1680. The summed E-state index contributed by atoms with van der Waals surface area (Å²) in [5, 5.41) is 4.25. The molecule has 3 aromatic carbocycles. The molecule has 1 fully saturated rings. The van der Waals surface area contributed by atoms with Gasteiger partial charge in [0, 0.05) is 29.0 Å². The summed E-state index contributed by atoms with van der Waals surface area (Å²) in [5.41, 5.74) is 7.97. The molecule has 7 heteroatoms. The van der Waals surface area contributed by atoms with Crippen molar-refractivity contribution in [3.05, 3.63) is 131 Å². The first kappa shape index (κ1) is 27.5. The minimum atomic E-state index is -0.120. The van der Waals surface area contributed by atoms with E-state index >= 15 is 0 Å². The van der Waals surface area contributed by atoms with Gasteiger partial charge in [-0.3, -0.25) is 4.98 Å². The highest BCUT2D eigenvalue weighted by Crippen LogP contribution is 2.44. The van der Waals surface area contributed by atoms with Crippen LogP contribution in [0.1, 0.15) is 47.2 Å². The second-order valence-electron chi connectivity index (χ2n) is 10.4. The van der Waals surface area contributed by atoms with E-state index in [0.29, 0.717) is 5.11 Å². The number of aryl methyl sites for hydroxylation is 2. The van der Waals surface area contributed by atoms with Crippen LogP contribution in [-0.2, 0) is 6.42 Å². The third-order valence-corrected chi connectivity index (χ3v) is 8.21. The number of pyridine rings is 1. The zero-order valence-corrected chi connectivity index (χ0v) is 25.1. The summed E-state index contributed by atoms with van der Waals surface area (Å²) in [7, 11) is 1.65. The zero-order valence-electron chi connectivity index (χ0n) is 24.2. The van der Waals surface area contributed by atoms with Crippen LogP contribution in [0, 0.1) is 13.8 Å². The van der Waals surface area contributed by atoms with Crippen LogP contribution in [0.5, 0.6) is 17.2 Å². The Balaban J connectivity index is 1.37. The number of methoxy groups -OCH3 is 1. The molecule has 0 amide bonds. The van der Waals surface area contributed by atoms with Crippen LogP contribution >= 0.6 is 12.2 Å². The summed E-state index contributed by atoms with van der Waals surface area (Å²) in [4.78, 5) is 6.93. The number of nitrogens with one attached hydrogen (secondary N) is 1. The summed E-state index contributed by atoms with van der Waals surface area (Å²) in [6.07, 6.45) is 2.86. The maximum atomic E-state index is 6.09. The van der Waals surface area contributed by atoms with E-state index in [1.807, 2.05) is 54.7 Å². The fraction of sp³-hybridized carbons (Fsp3) is 0.200. The molecule has 42 heavy (non-hydrogen) atoms. The van der Waals surface area contributed by atoms with Gasteiger partial charge in [-0.25, -0.2) is 0 Å². The van der Waals surface area contributed by atoms with Crippen LogP contribution in [0.2, 0.25) is 0 Å². The molecule has 6 rings (SSSR count). The molecule has 0 bridgehead atoms. The zero-order chi connectivity index (χ0) is 29.2. The molecule has 1 aliphatic heterocycles. The minimum absolute atomic E-state index is 0.101. The Kier molecular flexibility index (Phi) is 7.68. The largest absolute Gasteiger partial charge is 0.497 e. The number of hydrogen-bond acceptors (Lipinski definition) is 4. The van der Waals surface area contributed by atoms with Crippen LogP contribution in [-0.4, -0.2) is 21.8 Å². The Morgan fingerprint density at radius 2 is 1.48 bits per heavy atom. The molecule has 0 aliphatic carbocycles. The van der Waals surface area contributed by atoms with Crippen LogP contribution in [0.4, 0.5) is 5.69 Å². The first-order valence-electron chi connectivity index (χ1n) is 14.2. The van der Waals surface area contributed by atoms with Crippen LogP contribution in [0.3, 0.4) is 0 Å². The molecule has 1 aliphatic rings. The molecular formula is C35H34N4O2S. The Labute approximate surface area is 252 Å². The van der Waals surface area contributed by atoms with Gasteiger partial charge in [-0.15, -0.1) is 0 Å². The smallest absolute Gasteiger partial charge is 0.174 e. The predicted molar refractivity (Wildman–Crippen MR) is 172 cm³/mol. The van der Waals surface area contributed by atoms with E-state index in [-0.39, 0.29) is 12.1 Å². The molecule has 6 nitrogen and oxygen atoms in total. The van der Waals surface area contributed by atoms with Crippen molar-refractivity contribution in [1.29, 1.82) is 0 Å². The van der Waals surface area contributed by atoms with E-state index in [0.717, 1.165) is 40.7 Å². The molecule has 2 atom stereocenters. The van der Waals surface area contributed by atoms with Crippen LogP contribution < -0.4 is 19.7 Å². The molecule has 2 aromatic heterocycles. The minimum Gasteiger partial charge on any atom is -0.497 e. The fourth-order valence-electron chi connectivity index (χ4n) is 5.77. The average Bonchev–Trinajstić information content (AvgIpc) is 3.52. The second kappa shape index (κ2) is 11.7. The molecule has 212 valence electrons. The summed E-state index contributed by atoms with van der Waals surface area (Å²) in [6, 6.07) is 32.5. The lowest BCUT2D eigenvalue weighted by molar-refractivity contribution is 0.413. The second-order valence-corrected chi connectivity index (χ2v) is 10.8. The normalized spacial score (nSPS) is 16.4. The van der Waals surface area contributed by atoms with E-state index in [4.69, 9.17) is 26.7 Å². The van der Waals surface area contributed by atoms with Gasteiger partial charge in [-0.2, -0.15) is 0 Å². The highest BCUT2D eigenvalue weighted by Gasteiger charge is 2.42. The number of aromatic nitrogens is 2. The van der Waals surface area contributed by atoms with Crippen molar-refractivity contribution in [2.45, 2.75) is 39.3 Å². The van der Waals surface area contributed by atoms with Gasteiger partial charge in [-0.1, -0.05) is 25.1 Å². The lowest BCUT2D eigenvalue weighted by atomic mass is 9.96. The SMILES string of the molecule is CCc1ccc(-n2c(C)cc(C3C(c4ccccn4)NC(=S)N3c3ccc(Oc4ccc(OC)cc4)cc3)c2C)cc1. The molecule has 0 saturated carbocycles. The molecule has 3 heterocycles. The molecular weight excluding hydrogens is 540 g/mol. The number of thiocarbonyl (C=S) groups is 1. The van der Waals surface area contributed by atoms with Crippen molar-refractivity contribution in [2.24, 2.45) is 0 Å². The third-order valence-electron chi connectivity index (χ3n) is 7.90. The van der Waals surface area contributed by atoms with E-state index in [1.165, 1.54) is 22.5 Å². The van der Waals surface area contributed by atoms with Crippen molar-refractivity contribution in [3.8, 4) is 22.9 Å². The predicted octanol–water partition coefficient (Wildman–Crippen LogP) is 8.03. The lowest BCUT2D eigenvalue weighted by Gasteiger charge is -2.28. The maximum Gasteiger partial charge on any atom is 0.174 e. The van der Waals surface area contributed by atoms with E-state index in [1.54, 1.807) is 7.11 Å². The first-order chi connectivity index (χ1) is 20.5. The van der Waals surface area contributed by atoms with Gasteiger partial charge in [-0.05, 0) is 122 Å². The van der Waals surface area contributed by atoms with Crippen LogP contribution in [0.25, 0.3) is 5.69 Å². The molecule has 5 aromatic rings. The van der Waals surface area contributed by atoms with Crippen molar-refractivity contribution >= 4 is 23.0 Å². The van der Waals surface area contributed by atoms with Gasteiger partial charge in [0.05, 0.1) is 24.9 Å². The molecule has 1 N–H and O–H groups in total. The molecule has 2 unspecified atom stereocenters. The standard InChI is InChI=1S/C35H34N4O2S/c1-5-25-9-11-26(12-10-25)38-23(2)22-31(24(38)3)34-33(32-8-6-7-21-36-32)37-35(42)39(34)27-13-15-29(16-14-27)41-30-19-17-28(40-4)18-20-30/h6-22,33-34H,5H2,1-4H3,(H,37,42). The van der Waals surface area contributed by atoms with Gasteiger partial charge >= 0.3 is 0 Å². The average molecular weight is 575 g/mol. The summed E-state index contributed by atoms with van der Waals surface area (Å²) in [6.45, 7) is 6.53. The van der Waals surface area contributed by atoms with Gasteiger partial charge < -0.3 is 24.3 Å². The quantitative estimate of drug-likeness (QED) is 0.189. The monoisotopic (exact) mass is 574 g/mol. The summed E-state index contributed by atoms with van der Waals surface area (Å²) in [5.74, 6) is 2.28. The summed E-state index contributed by atoms with van der Waals surface area (Å²) >= 11 is 5.98. The molecule has 0 spiro atoms. The van der Waals surface area contributed by atoms with Crippen molar-refractivity contribution in [3.63, 3.8) is 0 Å². The van der Waals surface area contributed by atoms with E-state index in [2.05, 4.69) is 84.1 Å². The third kappa shape index (κ3) is 5.23. The van der Waals surface area contributed by atoms with Crippen molar-refractivity contribution < 1.29 is 9.47 Å². The Hall–Kier alpha value is -4.62. The first-order valence-corrected chi connectivity index (χ1v) is 14.6. The van der Waals surface area contributed by atoms with Gasteiger partial charge in [0.1, 0.15) is 17.2 Å². The molecule has 1 saturated heterocycles. The molecule has 0 radical (unpaired) electrons. The van der Waals surface area contributed by atoms with Crippen molar-refractivity contribution in [1.82, 2.24) is 14.9 Å². The van der Waals surface area contributed by atoms with Gasteiger partial charge in [0.25, 0.3) is 0 Å². The number of anilines is 1. The number of ether oxygens (including phenoxy) is 2. The summed E-state index contributed by atoms with van der Waals surface area (Å²) < 4.78 is 13.7. The fourth-order valence-corrected chi connectivity index (χ4v) is 6.11. The Morgan fingerprint density at radius 1 is 0.833 bits per heavy atom. The van der Waals surface area contributed by atoms with Gasteiger partial charge in [0.2, 0.25) is 0 Å². The van der Waals surface area contributed by atoms with Gasteiger partial charge in [0.15, 0.2) is 5.11 Å². The highest BCUT2D eigenvalue weighted by atomic mass is 32.1. The van der Waals surface area contributed by atoms with Crippen molar-refractivity contribution in [2.75, 3.05) is 12.0 Å². The topological polar surface area (TPSA) is 51.6 Å². The van der Waals surface area contributed by atoms with E-state index in [9.17, 15) is 0 Å². The number of rotatable bonds is 8.